The van der Waals surface area contributed by atoms with E-state index >= 15 is 0 Å². The molecule has 0 saturated heterocycles. The van der Waals surface area contributed by atoms with Crippen molar-refractivity contribution < 1.29 is 13.9 Å². The normalized spacial score (nSPS) is 14.6. The second kappa shape index (κ2) is 4.65. The van der Waals surface area contributed by atoms with Gasteiger partial charge in [-0.1, -0.05) is 6.07 Å². The second-order valence-electron chi connectivity index (χ2n) is 5.76. The van der Waals surface area contributed by atoms with Crippen LogP contribution in [0.15, 0.2) is 23.0 Å². The van der Waals surface area contributed by atoms with Crippen LogP contribution in [-0.4, -0.2) is 19.9 Å². The van der Waals surface area contributed by atoms with E-state index in [0.717, 1.165) is 18.9 Å². The Balaban J connectivity index is 2.08. The van der Waals surface area contributed by atoms with Crippen molar-refractivity contribution in [2.75, 3.05) is 0 Å². The van der Waals surface area contributed by atoms with Crippen molar-refractivity contribution >= 4 is 11.0 Å². The number of aromatic amines is 1. The molecule has 5 nitrogen and oxygen atoms in total. The van der Waals surface area contributed by atoms with Gasteiger partial charge in [0.25, 0.3) is 0 Å². The highest BCUT2D eigenvalue weighted by Crippen LogP contribution is 2.38. The molecule has 0 aliphatic heterocycles. The van der Waals surface area contributed by atoms with Crippen LogP contribution < -0.4 is 5.43 Å². The van der Waals surface area contributed by atoms with E-state index in [9.17, 15) is 18.7 Å². The Morgan fingerprint density at radius 2 is 2.09 bits per heavy atom. The average Bonchev–Trinajstić information content (AvgIpc) is 3.30. The number of nitrogens with zero attached hydrogens (tertiary/aromatic N) is 2. The molecule has 1 fully saturated rings. The molecule has 118 valence electrons. The number of rotatable bonds is 2. The number of pyridine rings is 1. The summed E-state index contributed by atoms with van der Waals surface area (Å²) in [7, 11) is 0. The van der Waals surface area contributed by atoms with Gasteiger partial charge in [0.15, 0.2) is 17.4 Å². The van der Waals surface area contributed by atoms with Crippen LogP contribution >= 0.6 is 0 Å². The van der Waals surface area contributed by atoms with Crippen molar-refractivity contribution in [3.05, 3.63) is 45.8 Å². The predicted molar refractivity (Wildman–Crippen MR) is 80.4 cm³/mol. The number of halogens is 2. The summed E-state index contributed by atoms with van der Waals surface area (Å²) >= 11 is 0. The number of hydrogen-bond donors (Lipinski definition) is 2. The molecular formula is C16H13F2N3O2. The number of nitrogens with one attached hydrogen (secondary N) is 1. The lowest BCUT2D eigenvalue weighted by atomic mass is 10.1. The first kappa shape index (κ1) is 13.9. The summed E-state index contributed by atoms with van der Waals surface area (Å²) < 4.78 is 29.2. The lowest BCUT2D eigenvalue weighted by Crippen LogP contribution is -2.07. The monoisotopic (exact) mass is 317 g/mol. The van der Waals surface area contributed by atoms with Gasteiger partial charge in [0, 0.05) is 5.56 Å². The lowest BCUT2D eigenvalue weighted by molar-refractivity contribution is 0.469. The minimum atomic E-state index is -1.12. The largest absolute Gasteiger partial charge is 0.503 e. The van der Waals surface area contributed by atoms with Crippen LogP contribution in [0.5, 0.6) is 5.75 Å². The van der Waals surface area contributed by atoms with Crippen molar-refractivity contribution in [2.24, 2.45) is 0 Å². The van der Waals surface area contributed by atoms with Gasteiger partial charge in [0.1, 0.15) is 5.65 Å². The van der Waals surface area contributed by atoms with Gasteiger partial charge in [0.05, 0.1) is 22.8 Å². The molecule has 23 heavy (non-hydrogen) atoms. The molecule has 4 rings (SSSR count). The first-order valence-corrected chi connectivity index (χ1v) is 7.27. The fourth-order valence-electron chi connectivity index (χ4n) is 2.82. The highest BCUT2D eigenvalue weighted by atomic mass is 19.2. The fraction of sp³-hybridized carbons (Fsp3) is 0.250. The van der Waals surface area contributed by atoms with Crippen LogP contribution in [0.1, 0.15) is 24.6 Å². The Kier molecular flexibility index (Phi) is 2.81. The zero-order chi connectivity index (χ0) is 16.3. The molecule has 2 heterocycles. The highest BCUT2D eigenvalue weighted by Gasteiger charge is 2.29. The number of aromatic nitrogens is 3. The van der Waals surface area contributed by atoms with E-state index in [1.54, 1.807) is 11.6 Å². The third kappa shape index (κ3) is 1.96. The molecule has 1 aliphatic carbocycles. The third-order valence-electron chi connectivity index (χ3n) is 4.12. The smallest absolute Gasteiger partial charge is 0.235 e. The summed E-state index contributed by atoms with van der Waals surface area (Å²) in [6.45, 7) is 1.68. The Morgan fingerprint density at radius 1 is 1.35 bits per heavy atom. The van der Waals surface area contributed by atoms with Crippen LogP contribution in [0.4, 0.5) is 8.78 Å². The molecule has 2 aromatic heterocycles. The summed E-state index contributed by atoms with van der Waals surface area (Å²) in [6, 6.07) is 3.79. The summed E-state index contributed by atoms with van der Waals surface area (Å²) in [4.78, 5) is 15.3. The molecule has 3 aromatic rings. The molecule has 1 saturated carbocycles. The van der Waals surface area contributed by atoms with E-state index in [2.05, 4.69) is 10.1 Å². The van der Waals surface area contributed by atoms with E-state index in [1.165, 1.54) is 12.1 Å². The van der Waals surface area contributed by atoms with Crippen LogP contribution in [0.3, 0.4) is 0 Å². The number of fused-ring (bicyclic) bond motifs is 1. The summed E-state index contributed by atoms with van der Waals surface area (Å²) in [6.07, 6.45) is 1.89. The van der Waals surface area contributed by atoms with Gasteiger partial charge >= 0.3 is 0 Å². The Bertz CT molecular complexity index is 1000. The summed E-state index contributed by atoms with van der Waals surface area (Å²) in [5, 5.41) is 14.8. The Morgan fingerprint density at radius 3 is 2.78 bits per heavy atom. The number of H-pyrrole nitrogens is 1. The van der Waals surface area contributed by atoms with Crippen LogP contribution in [-0.2, 0) is 0 Å². The van der Waals surface area contributed by atoms with Crippen molar-refractivity contribution in [1.29, 1.82) is 0 Å². The van der Waals surface area contributed by atoms with E-state index in [1.807, 2.05) is 0 Å². The van der Waals surface area contributed by atoms with E-state index in [0.29, 0.717) is 11.3 Å². The molecule has 0 unspecified atom stereocenters. The SMILES string of the molecule is Cc1nn(C2CC2)c2[nH]c(-c3cccc(F)c3F)c(O)c(=O)c12. The van der Waals surface area contributed by atoms with Crippen LogP contribution in [0, 0.1) is 18.6 Å². The molecule has 0 atom stereocenters. The molecule has 0 spiro atoms. The van der Waals surface area contributed by atoms with E-state index < -0.39 is 22.8 Å². The molecule has 7 heteroatoms. The van der Waals surface area contributed by atoms with Gasteiger partial charge < -0.3 is 10.1 Å². The maximum atomic E-state index is 14.0. The maximum Gasteiger partial charge on any atom is 0.235 e. The number of benzene rings is 1. The number of aromatic hydroxyl groups is 1. The molecule has 2 N–H and O–H groups in total. The molecular weight excluding hydrogens is 304 g/mol. The number of aryl methyl sites for hydroxylation is 1. The minimum absolute atomic E-state index is 0.138. The van der Waals surface area contributed by atoms with Gasteiger partial charge in [-0.2, -0.15) is 5.10 Å². The van der Waals surface area contributed by atoms with Crippen molar-refractivity contribution in [2.45, 2.75) is 25.8 Å². The zero-order valence-electron chi connectivity index (χ0n) is 12.2. The van der Waals surface area contributed by atoms with Gasteiger partial charge in [-0.3, -0.25) is 4.79 Å². The van der Waals surface area contributed by atoms with E-state index in [-0.39, 0.29) is 22.7 Å². The van der Waals surface area contributed by atoms with E-state index in [4.69, 9.17) is 0 Å². The standard InChI is InChI=1S/C16H13F2N3O2/c1-7-11-14(22)15(23)13(9-3-2-4-10(17)12(9)18)19-16(11)21(20-7)8-5-6-8/h2-4,8,23H,5-6H2,1H3,(H,19,22). The number of hydrogen-bond acceptors (Lipinski definition) is 3. The second-order valence-corrected chi connectivity index (χ2v) is 5.76. The fourth-order valence-corrected chi connectivity index (χ4v) is 2.82. The molecule has 1 aliphatic rings. The van der Waals surface area contributed by atoms with Crippen LogP contribution in [0.2, 0.25) is 0 Å². The Labute approximate surface area is 129 Å². The van der Waals surface area contributed by atoms with Crippen molar-refractivity contribution in [3.8, 4) is 17.0 Å². The summed E-state index contributed by atoms with van der Waals surface area (Å²) in [5.41, 5.74) is -0.0491. The lowest BCUT2D eigenvalue weighted by Gasteiger charge is -2.08. The molecule has 1 aromatic carbocycles. The van der Waals surface area contributed by atoms with Crippen molar-refractivity contribution in [1.82, 2.24) is 14.8 Å². The van der Waals surface area contributed by atoms with Gasteiger partial charge in [-0.25, -0.2) is 13.5 Å². The van der Waals surface area contributed by atoms with Gasteiger partial charge in [0.2, 0.25) is 5.43 Å². The van der Waals surface area contributed by atoms with Crippen molar-refractivity contribution in [3.63, 3.8) is 0 Å². The predicted octanol–water partition coefficient (Wildman–Crippen LogP) is 3.02. The van der Waals surface area contributed by atoms with Gasteiger partial charge in [-0.05, 0) is 31.9 Å². The Hall–Kier alpha value is -2.70. The topological polar surface area (TPSA) is 70.9 Å². The molecule has 0 amide bonds. The first-order valence-electron chi connectivity index (χ1n) is 7.27. The maximum absolute atomic E-state index is 14.0. The quantitative estimate of drug-likeness (QED) is 0.763. The molecule has 0 bridgehead atoms. The summed E-state index contributed by atoms with van der Waals surface area (Å²) in [5.74, 6) is -2.80. The average molecular weight is 317 g/mol. The van der Waals surface area contributed by atoms with Crippen LogP contribution in [0.25, 0.3) is 22.3 Å². The first-order chi connectivity index (χ1) is 11.0. The highest BCUT2D eigenvalue weighted by molar-refractivity contribution is 5.84. The third-order valence-corrected chi connectivity index (χ3v) is 4.12. The zero-order valence-corrected chi connectivity index (χ0v) is 12.2. The molecule has 0 radical (unpaired) electrons. The minimum Gasteiger partial charge on any atom is -0.503 e. The van der Waals surface area contributed by atoms with Gasteiger partial charge in [-0.15, -0.1) is 0 Å².